The van der Waals surface area contributed by atoms with Gasteiger partial charge in [-0.1, -0.05) is 12.1 Å². The van der Waals surface area contributed by atoms with Gasteiger partial charge in [-0.2, -0.15) is 0 Å². The van der Waals surface area contributed by atoms with Gasteiger partial charge in [0.25, 0.3) is 0 Å². The van der Waals surface area contributed by atoms with E-state index in [1.54, 1.807) is 24.3 Å². The van der Waals surface area contributed by atoms with Crippen LogP contribution in [-0.4, -0.2) is 11.9 Å². The second kappa shape index (κ2) is 5.29. The quantitative estimate of drug-likeness (QED) is 0.238. The Morgan fingerprint density at radius 2 is 1.31 bits per heavy atom. The molecule has 0 aromatic heterocycles. The predicted octanol–water partition coefficient (Wildman–Crippen LogP) is -4.77. The number of hydrogen-bond acceptors (Lipinski definition) is 3. The molecule has 0 atom stereocenters. The van der Waals surface area contributed by atoms with E-state index in [0.29, 0.717) is 11.1 Å². The minimum Gasteiger partial charge on any atom is -1.00 e. The van der Waals surface area contributed by atoms with Crippen LogP contribution in [0.4, 0.5) is 0 Å². The Balaban J connectivity index is -0.000000360. The first-order chi connectivity index (χ1) is 5.29. The van der Waals surface area contributed by atoms with Gasteiger partial charge in [0, 0.05) is 0 Å². The number of ether oxygens (including phenoxy) is 1. The SMILES string of the molecule is O=C1OC(=O)c2ccccc21.[H-].[H-].[Na+].[Na+]. The van der Waals surface area contributed by atoms with Crippen LogP contribution in [0.5, 0.6) is 0 Å². The Labute approximate surface area is 122 Å². The van der Waals surface area contributed by atoms with Crippen LogP contribution >= 0.6 is 0 Å². The van der Waals surface area contributed by atoms with Crippen molar-refractivity contribution in [3.63, 3.8) is 0 Å². The largest absolute Gasteiger partial charge is 1.00 e. The molecule has 1 aliphatic heterocycles. The Morgan fingerprint density at radius 1 is 0.923 bits per heavy atom. The van der Waals surface area contributed by atoms with Crippen molar-refractivity contribution < 1.29 is 76.3 Å². The van der Waals surface area contributed by atoms with E-state index in [1.807, 2.05) is 0 Å². The molecular formula is C8H6Na2O3. The van der Waals surface area contributed by atoms with E-state index in [2.05, 4.69) is 4.74 Å². The molecule has 0 N–H and O–H groups in total. The van der Waals surface area contributed by atoms with Crippen LogP contribution < -0.4 is 59.1 Å². The fraction of sp³-hybridized carbons (Fsp3) is 0. The summed E-state index contributed by atoms with van der Waals surface area (Å²) in [5.74, 6) is -1.10. The van der Waals surface area contributed by atoms with Crippen molar-refractivity contribution in [3.8, 4) is 0 Å². The topological polar surface area (TPSA) is 43.4 Å². The van der Waals surface area contributed by atoms with Crippen LogP contribution in [0.2, 0.25) is 0 Å². The van der Waals surface area contributed by atoms with Crippen molar-refractivity contribution in [2.24, 2.45) is 0 Å². The van der Waals surface area contributed by atoms with E-state index in [1.165, 1.54) is 0 Å². The van der Waals surface area contributed by atoms with Crippen molar-refractivity contribution in [2.45, 2.75) is 0 Å². The van der Waals surface area contributed by atoms with E-state index in [-0.39, 0.29) is 62.0 Å². The van der Waals surface area contributed by atoms with Gasteiger partial charge in [-0.05, 0) is 12.1 Å². The van der Waals surface area contributed by atoms with Crippen molar-refractivity contribution in [1.29, 1.82) is 0 Å². The van der Waals surface area contributed by atoms with Crippen LogP contribution in [0.1, 0.15) is 23.6 Å². The molecule has 13 heavy (non-hydrogen) atoms. The molecule has 3 nitrogen and oxygen atoms in total. The van der Waals surface area contributed by atoms with Crippen molar-refractivity contribution >= 4 is 11.9 Å². The van der Waals surface area contributed by atoms with E-state index in [4.69, 9.17) is 0 Å². The fourth-order valence-electron chi connectivity index (χ4n) is 1.03. The van der Waals surface area contributed by atoms with Gasteiger partial charge >= 0.3 is 71.1 Å². The number of cyclic esters (lactones) is 2. The van der Waals surface area contributed by atoms with Crippen LogP contribution in [0.3, 0.4) is 0 Å². The number of esters is 2. The summed E-state index contributed by atoms with van der Waals surface area (Å²) in [4.78, 5) is 21.7. The fourth-order valence-corrected chi connectivity index (χ4v) is 1.03. The van der Waals surface area contributed by atoms with Crippen molar-refractivity contribution in [2.75, 3.05) is 0 Å². The summed E-state index contributed by atoms with van der Waals surface area (Å²) in [6.45, 7) is 0. The third-order valence-electron chi connectivity index (χ3n) is 1.55. The third kappa shape index (κ3) is 2.43. The molecule has 0 bridgehead atoms. The first kappa shape index (κ1) is 13.4. The van der Waals surface area contributed by atoms with Crippen LogP contribution in [-0.2, 0) is 4.74 Å². The molecule has 0 aliphatic carbocycles. The number of carbonyl (C=O) groups is 2. The zero-order chi connectivity index (χ0) is 7.84. The van der Waals surface area contributed by atoms with Gasteiger partial charge in [0.15, 0.2) is 0 Å². The molecule has 0 saturated carbocycles. The minimum atomic E-state index is -0.550. The van der Waals surface area contributed by atoms with Gasteiger partial charge < -0.3 is 7.59 Å². The number of benzene rings is 1. The van der Waals surface area contributed by atoms with Gasteiger partial charge in [0.2, 0.25) is 0 Å². The van der Waals surface area contributed by atoms with Crippen LogP contribution in [0, 0.1) is 0 Å². The molecule has 1 heterocycles. The normalized spacial score (nSPS) is 12.3. The summed E-state index contributed by atoms with van der Waals surface area (Å²) in [5.41, 5.74) is 0.718. The Hall–Kier alpha value is 0.360. The summed E-state index contributed by atoms with van der Waals surface area (Å²) in [6.07, 6.45) is 0. The average molecular weight is 196 g/mol. The first-order valence-electron chi connectivity index (χ1n) is 3.14. The number of carbonyl (C=O) groups excluding carboxylic acids is 2. The molecule has 0 unspecified atom stereocenters. The third-order valence-corrected chi connectivity index (χ3v) is 1.55. The Morgan fingerprint density at radius 3 is 1.69 bits per heavy atom. The van der Waals surface area contributed by atoms with Gasteiger partial charge in [0.05, 0.1) is 11.1 Å². The molecular weight excluding hydrogens is 190 g/mol. The zero-order valence-corrected chi connectivity index (χ0v) is 11.5. The second-order valence-corrected chi connectivity index (χ2v) is 2.22. The van der Waals surface area contributed by atoms with Gasteiger partial charge in [0.1, 0.15) is 0 Å². The maximum Gasteiger partial charge on any atom is 1.00 e. The summed E-state index contributed by atoms with van der Waals surface area (Å²) >= 11 is 0. The molecule has 0 fully saturated rings. The molecule has 1 aromatic rings. The number of hydrogen-bond donors (Lipinski definition) is 0. The Kier molecular flexibility index (Phi) is 5.44. The molecule has 0 amide bonds. The van der Waals surface area contributed by atoms with Crippen LogP contribution in [0.15, 0.2) is 24.3 Å². The smallest absolute Gasteiger partial charge is 1.00 e. The zero-order valence-electron chi connectivity index (χ0n) is 9.53. The molecule has 0 saturated heterocycles. The molecule has 0 radical (unpaired) electrons. The van der Waals surface area contributed by atoms with Gasteiger partial charge in [-0.15, -0.1) is 0 Å². The molecule has 1 aromatic carbocycles. The molecule has 5 heteroatoms. The molecule has 0 spiro atoms. The Bertz CT molecular complexity index is 324. The maximum atomic E-state index is 10.8. The van der Waals surface area contributed by atoms with Crippen LogP contribution in [0.25, 0.3) is 0 Å². The van der Waals surface area contributed by atoms with Crippen molar-refractivity contribution in [3.05, 3.63) is 35.4 Å². The van der Waals surface area contributed by atoms with E-state index >= 15 is 0 Å². The predicted molar refractivity (Wildman–Crippen MR) is 38.4 cm³/mol. The minimum absolute atomic E-state index is 0. The molecule has 58 valence electrons. The van der Waals surface area contributed by atoms with Gasteiger partial charge in [-0.3, -0.25) is 0 Å². The van der Waals surface area contributed by atoms with E-state index in [9.17, 15) is 9.59 Å². The summed E-state index contributed by atoms with van der Waals surface area (Å²) < 4.78 is 4.35. The van der Waals surface area contributed by atoms with Crippen molar-refractivity contribution in [1.82, 2.24) is 0 Å². The number of fused-ring (bicyclic) bond motifs is 1. The molecule has 1 aliphatic rings. The monoisotopic (exact) mass is 196 g/mol. The molecule has 2 rings (SSSR count). The summed E-state index contributed by atoms with van der Waals surface area (Å²) in [7, 11) is 0. The summed E-state index contributed by atoms with van der Waals surface area (Å²) in [5, 5.41) is 0. The average Bonchev–Trinajstić information content (AvgIpc) is 2.30. The first-order valence-corrected chi connectivity index (χ1v) is 3.14. The summed E-state index contributed by atoms with van der Waals surface area (Å²) in [6, 6.07) is 6.53. The van der Waals surface area contributed by atoms with E-state index < -0.39 is 11.9 Å². The maximum absolute atomic E-state index is 10.8. The van der Waals surface area contributed by atoms with Gasteiger partial charge in [-0.25, -0.2) is 9.59 Å². The second-order valence-electron chi connectivity index (χ2n) is 2.22. The number of rotatable bonds is 0. The standard InChI is InChI=1S/C8H4O3.2Na.2H/c9-7-5-3-1-2-4-6(5)8(10)11-7;;;;/h1-4H;;;;/q;2*+1;2*-1. The van der Waals surface area contributed by atoms with E-state index in [0.717, 1.165) is 0 Å².